The summed E-state index contributed by atoms with van der Waals surface area (Å²) in [6.45, 7) is 1.70. The number of anilines is 1. The van der Waals surface area contributed by atoms with Crippen molar-refractivity contribution >= 4 is 28.5 Å². The lowest BCUT2D eigenvalue weighted by Crippen LogP contribution is -2.37. The number of nitrogens with one attached hydrogen (secondary N) is 3. The number of rotatable bonds is 6. The van der Waals surface area contributed by atoms with Crippen LogP contribution in [0.4, 0.5) is 5.69 Å². The Kier molecular flexibility index (Phi) is 5.39. The van der Waals surface area contributed by atoms with Gasteiger partial charge in [-0.3, -0.25) is 9.59 Å². The lowest BCUT2D eigenvalue weighted by molar-refractivity contribution is -0.120. The van der Waals surface area contributed by atoms with E-state index in [0.29, 0.717) is 30.3 Å². The van der Waals surface area contributed by atoms with Crippen molar-refractivity contribution in [2.45, 2.75) is 25.3 Å². The second-order valence-electron chi connectivity index (χ2n) is 7.07. The molecule has 0 spiro atoms. The zero-order chi connectivity index (χ0) is 19.3. The molecule has 0 aliphatic carbocycles. The third kappa shape index (κ3) is 4.40. The number of furan rings is 1. The zero-order valence-electron chi connectivity index (χ0n) is 15.5. The summed E-state index contributed by atoms with van der Waals surface area (Å²) < 4.78 is 5.58. The summed E-state index contributed by atoms with van der Waals surface area (Å²) in [5.74, 6) is -0.0244. The Hall–Kier alpha value is -3.12. The van der Waals surface area contributed by atoms with Gasteiger partial charge in [-0.15, -0.1) is 0 Å². The van der Waals surface area contributed by atoms with Crippen LogP contribution in [0.2, 0.25) is 0 Å². The minimum atomic E-state index is -0.300. The van der Waals surface area contributed by atoms with Crippen LogP contribution in [-0.2, 0) is 11.2 Å². The quantitative estimate of drug-likeness (QED) is 0.616. The van der Waals surface area contributed by atoms with Crippen molar-refractivity contribution in [1.29, 1.82) is 0 Å². The van der Waals surface area contributed by atoms with Crippen LogP contribution in [-0.4, -0.2) is 30.9 Å². The van der Waals surface area contributed by atoms with E-state index in [9.17, 15) is 9.59 Å². The third-order valence-corrected chi connectivity index (χ3v) is 4.93. The minimum absolute atomic E-state index is 0.00719. The number of carbonyl (C=O) groups is 2. The van der Waals surface area contributed by atoms with Crippen molar-refractivity contribution in [3.05, 3.63) is 65.9 Å². The molecule has 3 aromatic rings. The normalized spacial score (nSPS) is 16.2. The molecule has 28 heavy (non-hydrogen) atoms. The lowest BCUT2D eigenvalue weighted by atomic mass is 10.1. The van der Waals surface area contributed by atoms with Crippen LogP contribution in [0.5, 0.6) is 0 Å². The monoisotopic (exact) mass is 377 g/mol. The van der Waals surface area contributed by atoms with Gasteiger partial charge in [0.2, 0.25) is 5.91 Å². The molecule has 1 aliphatic heterocycles. The van der Waals surface area contributed by atoms with Gasteiger partial charge in [0.05, 0.1) is 6.42 Å². The number of carbonyl (C=O) groups excluding carboxylic acids is 2. The first-order chi connectivity index (χ1) is 13.7. The molecular formula is C22H23N3O3. The van der Waals surface area contributed by atoms with Gasteiger partial charge in [-0.2, -0.15) is 0 Å². The Bertz CT molecular complexity index is 939. The zero-order valence-corrected chi connectivity index (χ0v) is 15.5. The maximum absolute atomic E-state index is 12.4. The first-order valence-electron chi connectivity index (χ1n) is 9.56. The van der Waals surface area contributed by atoms with E-state index >= 15 is 0 Å². The van der Waals surface area contributed by atoms with Crippen molar-refractivity contribution in [1.82, 2.24) is 10.6 Å². The topological polar surface area (TPSA) is 83.4 Å². The van der Waals surface area contributed by atoms with Crippen molar-refractivity contribution in [2.24, 2.45) is 0 Å². The number of hydrogen-bond acceptors (Lipinski definition) is 4. The highest BCUT2D eigenvalue weighted by atomic mass is 16.3. The van der Waals surface area contributed by atoms with Crippen molar-refractivity contribution in [3.63, 3.8) is 0 Å². The van der Waals surface area contributed by atoms with Gasteiger partial charge in [0.25, 0.3) is 5.91 Å². The van der Waals surface area contributed by atoms with Gasteiger partial charge >= 0.3 is 0 Å². The molecule has 144 valence electrons. The average molecular weight is 377 g/mol. The van der Waals surface area contributed by atoms with Crippen molar-refractivity contribution in [2.75, 3.05) is 18.4 Å². The Labute approximate surface area is 163 Å². The van der Waals surface area contributed by atoms with Crippen LogP contribution in [0.3, 0.4) is 0 Å². The fraction of sp³-hybridized carbons (Fsp3) is 0.273. The molecule has 1 fully saturated rings. The van der Waals surface area contributed by atoms with Crippen LogP contribution in [0.1, 0.15) is 29.0 Å². The van der Waals surface area contributed by atoms with Gasteiger partial charge in [-0.1, -0.05) is 30.3 Å². The van der Waals surface area contributed by atoms with Crippen molar-refractivity contribution in [3.8, 4) is 0 Å². The Morgan fingerprint density at radius 1 is 1.11 bits per heavy atom. The van der Waals surface area contributed by atoms with E-state index in [1.165, 1.54) is 6.42 Å². The molecule has 4 rings (SSSR count). The van der Waals surface area contributed by atoms with Gasteiger partial charge in [0.1, 0.15) is 5.58 Å². The number of fused-ring (bicyclic) bond motifs is 1. The van der Waals surface area contributed by atoms with Gasteiger partial charge in [0, 0.05) is 23.7 Å². The molecule has 3 N–H and O–H groups in total. The smallest absolute Gasteiger partial charge is 0.291 e. The van der Waals surface area contributed by atoms with Crippen LogP contribution >= 0.6 is 0 Å². The van der Waals surface area contributed by atoms with E-state index in [2.05, 4.69) is 16.0 Å². The number of benzene rings is 2. The van der Waals surface area contributed by atoms with E-state index in [4.69, 9.17) is 4.42 Å². The lowest BCUT2D eigenvalue weighted by Gasteiger charge is -2.11. The highest BCUT2D eigenvalue weighted by Crippen LogP contribution is 2.20. The summed E-state index contributed by atoms with van der Waals surface area (Å²) in [6, 6.07) is 16.9. The average Bonchev–Trinajstić information content (AvgIpc) is 3.37. The molecule has 2 aromatic carbocycles. The molecule has 2 heterocycles. The first-order valence-corrected chi connectivity index (χ1v) is 9.56. The fourth-order valence-corrected chi connectivity index (χ4v) is 3.41. The second-order valence-corrected chi connectivity index (χ2v) is 7.07. The standard InChI is InChI=1S/C22H23N3O3/c26-21(24-14-18-5-3-11-23-18)12-15-7-9-17(10-8-15)25-22(27)20-13-16-4-1-2-6-19(16)28-20/h1-2,4,6-10,13,18,23H,3,5,11-12,14H2,(H,24,26)(H,25,27). The molecule has 1 aromatic heterocycles. The molecular weight excluding hydrogens is 354 g/mol. The number of hydrogen-bond donors (Lipinski definition) is 3. The highest BCUT2D eigenvalue weighted by molar-refractivity contribution is 6.04. The third-order valence-electron chi connectivity index (χ3n) is 4.93. The molecule has 0 saturated carbocycles. The molecule has 1 atom stereocenters. The Morgan fingerprint density at radius 3 is 2.68 bits per heavy atom. The second kappa shape index (κ2) is 8.27. The first kappa shape index (κ1) is 18.3. The molecule has 6 nitrogen and oxygen atoms in total. The summed E-state index contributed by atoms with van der Waals surface area (Å²) in [6.07, 6.45) is 2.60. The predicted octanol–water partition coefficient (Wildman–Crippen LogP) is 3.10. The van der Waals surface area contributed by atoms with Gasteiger partial charge in [-0.05, 0) is 49.2 Å². The minimum Gasteiger partial charge on any atom is -0.451 e. The SMILES string of the molecule is O=C(Cc1ccc(NC(=O)c2cc3ccccc3o2)cc1)NCC1CCCN1. The van der Waals surface area contributed by atoms with Gasteiger partial charge in [0.15, 0.2) is 5.76 Å². The maximum Gasteiger partial charge on any atom is 0.291 e. The van der Waals surface area contributed by atoms with E-state index < -0.39 is 0 Å². The molecule has 0 bridgehead atoms. The maximum atomic E-state index is 12.4. The molecule has 1 aliphatic rings. The van der Waals surface area contributed by atoms with E-state index in [-0.39, 0.29) is 17.6 Å². The molecule has 6 heteroatoms. The highest BCUT2D eigenvalue weighted by Gasteiger charge is 2.15. The summed E-state index contributed by atoms with van der Waals surface area (Å²) in [4.78, 5) is 24.5. The number of para-hydroxylation sites is 1. The summed E-state index contributed by atoms with van der Waals surface area (Å²) in [5.41, 5.74) is 2.24. The van der Waals surface area contributed by atoms with Crippen LogP contribution in [0.15, 0.2) is 59.0 Å². The Morgan fingerprint density at radius 2 is 1.93 bits per heavy atom. The van der Waals surface area contributed by atoms with Crippen LogP contribution in [0.25, 0.3) is 11.0 Å². The Balaban J connectivity index is 1.31. The van der Waals surface area contributed by atoms with E-state index in [1.807, 2.05) is 36.4 Å². The molecule has 0 radical (unpaired) electrons. The molecule has 1 unspecified atom stereocenters. The summed E-state index contributed by atoms with van der Waals surface area (Å²) in [5, 5.41) is 10.0. The fourth-order valence-electron chi connectivity index (χ4n) is 3.41. The molecule has 1 saturated heterocycles. The largest absolute Gasteiger partial charge is 0.451 e. The van der Waals surface area contributed by atoms with Gasteiger partial charge < -0.3 is 20.4 Å². The van der Waals surface area contributed by atoms with Crippen molar-refractivity contribution < 1.29 is 14.0 Å². The van der Waals surface area contributed by atoms with Crippen LogP contribution in [0, 0.1) is 0 Å². The van der Waals surface area contributed by atoms with E-state index in [0.717, 1.165) is 23.9 Å². The molecule has 2 amide bonds. The summed E-state index contributed by atoms with van der Waals surface area (Å²) >= 11 is 0. The van der Waals surface area contributed by atoms with E-state index in [1.54, 1.807) is 18.2 Å². The van der Waals surface area contributed by atoms with Gasteiger partial charge in [-0.25, -0.2) is 0 Å². The number of amides is 2. The van der Waals surface area contributed by atoms with Crippen LogP contribution < -0.4 is 16.0 Å². The summed E-state index contributed by atoms with van der Waals surface area (Å²) in [7, 11) is 0. The predicted molar refractivity (Wildman–Crippen MR) is 108 cm³/mol.